The van der Waals surface area contributed by atoms with Crippen LogP contribution >= 0.6 is 11.3 Å². The minimum Gasteiger partial charge on any atom is -0.441 e. The molecule has 7 heteroatoms. The number of aromatic nitrogens is 3. The summed E-state index contributed by atoms with van der Waals surface area (Å²) >= 11 is 1.57. The molecule has 0 atom stereocenters. The number of thiophene rings is 1. The highest BCUT2D eigenvalue weighted by molar-refractivity contribution is 7.08. The van der Waals surface area contributed by atoms with Crippen molar-refractivity contribution < 1.29 is 9.21 Å². The van der Waals surface area contributed by atoms with Gasteiger partial charge in [-0.1, -0.05) is 0 Å². The molecule has 0 aliphatic rings. The van der Waals surface area contributed by atoms with Gasteiger partial charge in [-0.25, -0.2) is 9.97 Å². The summed E-state index contributed by atoms with van der Waals surface area (Å²) < 4.78 is 5.60. The van der Waals surface area contributed by atoms with Crippen LogP contribution in [0.5, 0.6) is 0 Å². The highest BCUT2D eigenvalue weighted by Gasteiger charge is 2.15. The summed E-state index contributed by atoms with van der Waals surface area (Å²) in [6.45, 7) is 1.80. The summed E-state index contributed by atoms with van der Waals surface area (Å²) in [5, 5.41) is 6.58. The Morgan fingerprint density at radius 1 is 1.43 bits per heavy atom. The molecule has 0 saturated carbocycles. The maximum atomic E-state index is 12.0. The smallest absolute Gasteiger partial charge is 0.231 e. The SMILES string of the molecule is Cc1oc(-c2ccsc2)nc1CC(=O)Nc1cnccn1. The Balaban J connectivity index is 1.72. The molecule has 1 amide bonds. The van der Waals surface area contributed by atoms with Crippen molar-refractivity contribution in [1.29, 1.82) is 0 Å². The summed E-state index contributed by atoms with van der Waals surface area (Å²) in [5.41, 5.74) is 1.54. The number of aryl methyl sites for hydroxylation is 1. The van der Waals surface area contributed by atoms with E-state index in [4.69, 9.17) is 4.42 Å². The second kappa shape index (κ2) is 5.84. The fourth-order valence-electron chi connectivity index (χ4n) is 1.80. The van der Waals surface area contributed by atoms with E-state index in [2.05, 4.69) is 20.3 Å². The van der Waals surface area contributed by atoms with Crippen LogP contribution in [0.25, 0.3) is 11.5 Å². The van der Waals surface area contributed by atoms with Crippen molar-refractivity contribution in [3.63, 3.8) is 0 Å². The molecule has 0 radical (unpaired) electrons. The summed E-state index contributed by atoms with van der Waals surface area (Å²) in [6, 6.07) is 1.93. The standard InChI is InChI=1S/C14H12N4O2S/c1-9-11(17-14(20-9)10-2-5-21-8-10)6-13(19)18-12-7-15-3-4-16-12/h2-5,7-8H,6H2,1H3,(H,16,18,19). The van der Waals surface area contributed by atoms with Gasteiger partial charge >= 0.3 is 0 Å². The van der Waals surface area contributed by atoms with Gasteiger partial charge in [0, 0.05) is 23.3 Å². The van der Waals surface area contributed by atoms with E-state index in [1.54, 1.807) is 24.5 Å². The van der Waals surface area contributed by atoms with Crippen molar-refractivity contribution in [2.75, 3.05) is 5.32 Å². The van der Waals surface area contributed by atoms with Crippen LogP contribution < -0.4 is 5.32 Å². The summed E-state index contributed by atoms with van der Waals surface area (Å²) in [5.74, 6) is 1.40. The molecule has 0 aliphatic heterocycles. The zero-order valence-electron chi connectivity index (χ0n) is 11.2. The number of nitrogens with zero attached hydrogens (tertiary/aromatic N) is 3. The van der Waals surface area contributed by atoms with Gasteiger partial charge in [-0.15, -0.1) is 0 Å². The molecule has 0 aromatic carbocycles. The Morgan fingerprint density at radius 2 is 2.33 bits per heavy atom. The lowest BCUT2D eigenvalue weighted by Crippen LogP contribution is -2.16. The van der Waals surface area contributed by atoms with Gasteiger partial charge in [-0.3, -0.25) is 9.78 Å². The molecule has 106 valence electrons. The minimum absolute atomic E-state index is 0.135. The Labute approximate surface area is 124 Å². The number of anilines is 1. The number of nitrogens with one attached hydrogen (secondary N) is 1. The van der Waals surface area contributed by atoms with Crippen LogP contribution in [0, 0.1) is 6.92 Å². The van der Waals surface area contributed by atoms with E-state index in [1.165, 1.54) is 12.4 Å². The third-order valence-corrected chi connectivity index (χ3v) is 3.50. The van der Waals surface area contributed by atoms with E-state index >= 15 is 0 Å². The van der Waals surface area contributed by atoms with Gasteiger partial charge in [-0.05, 0) is 18.4 Å². The topological polar surface area (TPSA) is 80.9 Å². The van der Waals surface area contributed by atoms with Crippen molar-refractivity contribution in [3.8, 4) is 11.5 Å². The molecular formula is C14H12N4O2S. The number of hydrogen-bond donors (Lipinski definition) is 1. The average Bonchev–Trinajstić information content (AvgIpc) is 3.10. The van der Waals surface area contributed by atoms with Gasteiger partial charge in [0.2, 0.25) is 11.8 Å². The Bertz CT molecular complexity index is 738. The molecule has 21 heavy (non-hydrogen) atoms. The molecular weight excluding hydrogens is 288 g/mol. The third-order valence-electron chi connectivity index (χ3n) is 2.82. The third kappa shape index (κ3) is 3.14. The van der Waals surface area contributed by atoms with E-state index in [-0.39, 0.29) is 12.3 Å². The molecule has 3 heterocycles. The van der Waals surface area contributed by atoms with Crippen molar-refractivity contribution in [2.45, 2.75) is 13.3 Å². The van der Waals surface area contributed by atoms with Gasteiger partial charge < -0.3 is 9.73 Å². The summed E-state index contributed by atoms with van der Waals surface area (Å²) in [6.07, 6.45) is 4.69. The Kier molecular flexibility index (Phi) is 3.74. The maximum Gasteiger partial charge on any atom is 0.231 e. The molecule has 0 aliphatic carbocycles. The zero-order valence-corrected chi connectivity index (χ0v) is 12.1. The molecule has 6 nitrogen and oxygen atoms in total. The highest BCUT2D eigenvalue weighted by Crippen LogP contribution is 2.24. The molecule has 0 saturated heterocycles. The van der Waals surface area contributed by atoms with Crippen molar-refractivity contribution in [2.24, 2.45) is 0 Å². The van der Waals surface area contributed by atoms with Crippen LogP contribution in [0.15, 0.2) is 39.8 Å². The van der Waals surface area contributed by atoms with Crippen LogP contribution in [0.3, 0.4) is 0 Å². The molecule has 3 aromatic rings. The summed E-state index contributed by atoms with van der Waals surface area (Å²) in [7, 11) is 0. The lowest BCUT2D eigenvalue weighted by molar-refractivity contribution is -0.115. The maximum absolute atomic E-state index is 12.0. The number of oxazole rings is 1. The van der Waals surface area contributed by atoms with Gasteiger partial charge in [0.1, 0.15) is 5.76 Å². The summed E-state index contributed by atoms with van der Waals surface area (Å²) in [4.78, 5) is 24.2. The fourth-order valence-corrected chi connectivity index (χ4v) is 2.43. The van der Waals surface area contributed by atoms with Crippen molar-refractivity contribution in [3.05, 3.63) is 46.9 Å². The van der Waals surface area contributed by atoms with Gasteiger partial charge in [-0.2, -0.15) is 11.3 Å². The lowest BCUT2D eigenvalue weighted by Gasteiger charge is -2.01. The molecule has 1 N–H and O–H groups in total. The van der Waals surface area contributed by atoms with E-state index in [1.807, 2.05) is 16.8 Å². The monoisotopic (exact) mass is 300 g/mol. The fraction of sp³-hybridized carbons (Fsp3) is 0.143. The first-order chi connectivity index (χ1) is 10.2. The van der Waals surface area contributed by atoms with E-state index in [0.29, 0.717) is 23.2 Å². The second-order valence-corrected chi connectivity index (χ2v) is 5.13. The quantitative estimate of drug-likeness (QED) is 0.801. The van der Waals surface area contributed by atoms with E-state index in [0.717, 1.165) is 5.56 Å². The number of hydrogen-bond acceptors (Lipinski definition) is 6. The first-order valence-electron chi connectivity index (χ1n) is 6.27. The van der Waals surface area contributed by atoms with Gasteiger partial charge in [0.25, 0.3) is 0 Å². The second-order valence-electron chi connectivity index (χ2n) is 4.35. The van der Waals surface area contributed by atoms with Crippen molar-refractivity contribution in [1.82, 2.24) is 15.0 Å². The molecule has 0 unspecified atom stereocenters. The highest BCUT2D eigenvalue weighted by atomic mass is 32.1. The largest absolute Gasteiger partial charge is 0.441 e. The number of rotatable bonds is 4. The zero-order chi connectivity index (χ0) is 14.7. The molecule has 0 bridgehead atoms. The van der Waals surface area contributed by atoms with Crippen LogP contribution in [-0.4, -0.2) is 20.9 Å². The minimum atomic E-state index is -0.205. The van der Waals surface area contributed by atoms with Gasteiger partial charge in [0.05, 0.1) is 18.3 Å². The van der Waals surface area contributed by atoms with Crippen LogP contribution in [0.1, 0.15) is 11.5 Å². The van der Waals surface area contributed by atoms with Crippen LogP contribution in [0.4, 0.5) is 5.82 Å². The number of amides is 1. The predicted octanol–water partition coefficient (Wildman–Crippen LogP) is 2.68. The lowest BCUT2D eigenvalue weighted by atomic mass is 10.2. The first kappa shape index (κ1) is 13.4. The molecule has 0 fully saturated rings. The predicted molar refractivity (Wildman–Crippen MR) is 78.9 cm³/mol. The van der Waals surface area contributed by atoms with E-state index in [9.17, 15) is 4.79 Å². The Morgan fingerprint density at radius 3 is 3.05 bits per heavy atom. The number of carbonyl (C=O) groups is 1. The number of carbonyl (C=O) groups excluding carboxylic acids is 1. The normalized spacial score (nSPS) is 10.5. The molecule has 3 aromatic heterocycles. The van der Waals surface area contributed by atoms with Crippen LogP contribution in [0.2, 0.25) is 0 Å². The van der Waals surface area contributed by atoms with E-state index < -0.39 is 0 Å². The van der Waals surface area contributed by atoms with Gasteiger partial charge in [0.15, 0.2) is 5.82 Å². The van der Waals surface area contributed by atoms with Crippen molar-refractivity contribution >= 4 is 23.1 Å². The molecule has 3 rings (SSSR count). The first-order valence-corrected chi connectivity index (χ1v) is 7.21. The van der Waals surface area contributed by atoms with Crippen LogP contribution in [-0.2, 0) is 11.2 Å². The average molecular weight is 300 g/mol. The Hall–Kier alpha value is -2.54. The molecule has 0 spiro atoms.